The molecule has 10 heteroatoms. The van der Waals surface area contributed by atoms with Crippen LogP contribution < -0.4 is 21.4 Å². The highest BCUT2D eigenvalue weighted by atomic mass is 19.1. The number of halogens is 3. The van der Waals surface area contributed by atoms with Crippen LogP contribution in [0.2, 0.25) is 0 Å². The Morgan fingerprint density at radius 1 is 1.34 bits per heavy atom. The highest BCUT2D eigenvalue weighted by Gasteiger charge is 2.51. The van der Waals surface area contributed by atoms with Gasteiger partial charge in [0.2, 0.25) is 5.43 Å². The number of rotatable bonds is 6. The quantitative estimate of drug-likeness (QED) is 0.586. The summed E-state index contributed by atoms with van der Waals surface area (Å²) < 4.78 is 46.2. The summed E-state index contributed by atoms with van der Waals surface area (Å²) in [7, 11) is 0. The summed E-state index contributed by atoms with van der Waals surface area (Å²) >= 11 is 0. The first-order chi connectivity index (χ1) is 15.2. The standard InChI is InChI=1S/C22H25F3N4O3/c1-2-27-22(4-5-22)10-3-6-28(8-10)19-15(24)17(26)14-18(16(19)25)29(13-7-12(13)23)9-11(20(14)30)21(31)32/h9-10,12-13,27H,2-8,26H2,1H3,(H,31,32)/t10-,12+,13-/m1/s1. The van der Waals surface area contributed by atoms with Crippen LogP contribution in [0.25, 0.3) is 10.9 Å². The van der Waals surface area contributed by atoms with Crippen LogP contribution in [0, 0.1) is 17.6 Å². The first kappa shape index (κ1) is 21.1. The van der Waals surface area contributed by atoms with Crippen molar-refractivity contribution in [3.8, 4) is 0 Å². The van der Waals surface area contributed by atoms with E-state index in [9.17, 15) is 19.1 Å². The van der Waals surface area contributed by atoms with Gasteiger partial charge in [-0.05, 0) is 31.7 Å². The molecule has 5 rings (SSSR count). The second-order valence-electron chi connectivity index (χ2n) is 9.14. The number of aromatic carboxylic acids is 1. The molecule has 2 aliphatic carbocycles. The van der Waals surface area contributed by atoms with Gasteiger partial charge in [-0.25, -0.2) is 18.0 Å². The number of anilines is 2. The molecule has 0 amide bonds. The molecule has 2 heterocycles. The van der Waals surface area contributed by atoms with Crippen molar-refractivity contribution < 1.29 is 23.1 Å². The molecule has 0 spiro atoms. The lowest BCUT2D eigenvalue weighted by atomic mass is 9.96. The number of hydrogen-bond acceptors (Lipinski definition) is 5. The number of hydrogen-bond donors (Lipinski definition) is 3. The van der Waals surface area contributed by atoms with Gasteiger partial charge in [-0.1, -0.05) is 6.92 Å². The normalized spacial score (nSPS) is 26.0. The van der Waals surface area contributed by atoms with E-state index in [1.54, 1.807) is 4.90 Å². The minimum atomic E-state index is -1.56. The number of benzene rings is 1. The molecule has 2 aromatic rings. The molecular formula is C22H25F3N4O3. The van der Waals surface area contributed by atoms with Crippen LogP contribution in [0.3, 0.4) is 0 Å². The van der Waals surface area contributed by atoms with Gasteiger partial charge in [-0.15, -0.1) is 0 Å². The Balaban J connectivity index is 1.67. The molecule has 3 atom stereocenters. The van der Waals surface area contributed by atoms with Gasteiger partial charge in [-0.3, -0.25) is 4.79 Å². The summed E-state index contributed by atoms with van der Waals surface area (Å²) in [6.45, 7) is 3.69. The number of nitrogens with zero attached hydrogens (tertiary/aromatic N) is 2. The maximum Gasteiger partial charge on any atom is 0.341 e. The summed E-state index contributed by atoms with van der Waals surface area (Å²) in [6.07, 6.45) is 2.48. The molecule has 0 radical (unpaired) electrons. The number of nitrogen functional groups attached to an aromatic ring is 1. The predicted octanol–water partition coefficient (Wildman–Crippen LogP) is 2.81. The van der Waals surface area contributed by atoms with Gasteiger partial charge >= 0.3 is 5.97 Å². The predicted molar refractivity (Wildman–Crippen MR) is 114 cm³/mol. The Morgan fingerprint density at radius 3 is 2.59 bits per heavy atom. The van der Waals surface area contributed by atoms with E-state index in [4.69, 9.17) is 5.73 Å². The van der Waals surface area contributed by atoms with Crippen molar-refractivity contribution in [1.82, 2.24) is 9.88 Å². The van der Waals surface area contributed by atoms with Gasteiger partial charge in [0.15, 0.2) is 11.6 Å². The third-order valence-electron chi connectivity index (χ3n) is 7.24. The van der Waals surface area contributed by atoms with Gasteiger partial charge in [0.25, 0.3) is 0 Å². The summed E-state index contributed by atoms with van der Waals surface area (Å²) in [5.41, 5.74) is 2.89. The maximum absolute atomic E-state index is 15.9. The van der Waals surface area contributed by atoms with Crippen LogP contribution in [0.1, 0.15) is 49.0 Å². The first-order valence-electron chi connectivity index (χ1n) is 10.9. The molecule has 4 N–H and O–H groups in total. The molecular weight excluding hydrogens is 425 g/mol. The third kappa shape index (κ3) is 2.99. The number of alkyl halides is 1. The second kappa shape index (κ2) is 7.13. The van der Waals surface area contributed by atoms with Crippen LogP contribution in [0.4, 0.5) is 24.5 Å². The molecule has 1 aromatic heterocycles. The van der Waals surface area contributed by atoms with Crippen molar-refractivity contribution in [2.24, 2.45) is 5.92 Å². The summed E-state index contributed by atoms with van der Waals surface area (Å²) in [5, 5.41) is 12.3. The lowest BCUT2D eigenvalue weighted by Crippen LogP contribution is -2.40. The zero-order valence-electron chi connectivity index (χ0n) is 17.6. The van der Waals surface area contributed by atoms with Gasteiger partial charge < -0.3 is 25.6 Å². The molecule has 3 fully saturated rings. The molecule has 1 aromatic carbocycles. The van der Waals surface area contributed by atoms with E-state index in [0.717, 1.165) is 36.6 Å². The SMILES string of the molecule is CCNC1([C@@H]2CCN(c3c(F)c(N)c4c(=O)c(C(=O)O)cn([C@@H]5C[C@@H]5F)c4c3F)C2)CC1. The second-order valence-corrected chi connectivity index (χ2v) is 9.14. The number of carboxylic acids is 1. The molecule has 3 aliphatic rings. The van der Waals surface area contributed by atoms with E-state index in [-0.39, 0.29) is 29.1 Å². The van der Waals surface area contributed by atoms with Crippen LogP contribution in [0.5, 0.6) is 0 Å². The number of carboxylic acid groups (broad SMARTS) is 1. The number of pyridine rings is 1. The molecule has 32 heavy (non-hydrogen) atoms. The Hall–Kier alpha value is -2.75. The largest absolute Gasteiger partial charge is 0.477 e. The fourth-order valence-electron chi connectivity index (χ4n) is 5.31. The van der Waals surface area contributed by atoms with Gasteiger partial charge in [0.1, 0.15) is 17.4 Å². The highest BCUT2D eigenvalue weighted by molar-refractivity contribution is 5.99. The molecule has 2 saturated carbocycles. The van der Waals surface area contributed by atoms with Crippen LogP contribution in [-0.4, -0.2) is 47.0 Å². The number of carbonyl (C=O) groups is 1. The fourth-order valence-corrected chi connectivity index (χ4v) is 5.31. The van der Waals surface area contributed by atoms with Crippen LogP contribution in [0.15, 0.2) is 11.0 Å². The van der Waals surface area contributed by atoms with Crippen molar-refractivity contribution in [2.75, 3.05) is 30.3 Å². The monoisotopic (exact) mass is 450 g/mol. The number of aromatic nitrogens is 1. The summed E-state index contributed by atoms with van der Waals surface area (Å²) in [6, 6.07) is -0.821. The average molecular weight is 450 g/mol. The maximum atomic E-state index is 15.9. The van der Waals surface area contributed by atoms with Crippen molar-refractivity contribution in [2.45, 2.75) is 50.4 Å². The van der Waals surface area contributed by atoms with Gasteiger partial charge in [0, 0.05) is 31.2 Å². The topological polar surface area (TPSA) is 101 Å². The lowest BCUT2D eigenvalue weighted by Gasteiger charge is -2.26. The number of nitrogens with one attached hydrogen (secondary N) is 1. The molecule has 0 bridgehead atoms. The van der Waals surface area contributed by atoms with Gasteiger partial charge in [0.05, 0.1) is 22.6 Å². The third-order valence-corrected chi connectivity index (χ3v) is 7.24. The Labute approximate surface area is 182 Å². The van der Waals surface area contributed by atoms with Crippen molar-refractivity contribution >= 4 is 28.2 Å². The smallest absolute Gasteiger partial charge is 0.341 e. The van der Waals surface area contributed by atoms with Crippen molar-refractivity contribution in [1.29, 1.82) is 0 Å². The Kier molecular flexibility index (Phi) is 4.70. The van der Waals surface area contributed by atoms with E-state index in [1.165, 1.54) is 0 Å². The number of nitrogens with two attached hydrogens (primary N) is 1. The van der Waals surface area contributed by atoms with Crippen LogP contribution in [-0.2, 0) is 0 Å². The highest BCUT2D eigenvalue weighted by Crippen LogP contribution is 2.48. The van der Waals surface area contributed by atoms with Crippen molar-refractivity contribution in [3.05, 3.63) is 33.6 Å². The zero-order chi connectivity index (χ0) is 22.9. The zero-order valence-corrected chi connectivity index (χ0v) is 17.6. The minimum absolute atomic E-state index is 0.00715. The molecule has 1 saturated heterocycles. The molecule has 172 valence electrons. The first-order valence-corrected chi connectivity index (χ1v) is 10.9. The molecule has 1 aliphatic heterocycles. The van der Waals surface area contributed by atoms with E-state index in [2.05, 4.69) is 5.32 Å². The van der Waals surface area contributed by atoms with E-state index < -0.39 is 51.9 Å². The Bertz CT molecular complexity index is 1190. The van der Waals surface area contributed by atoms with Crippen LogP contribution >= 0.6 is 0 Å². The van der Waals surface area contributed by atoms with E-state index in [0.29, 0.717) is 13.1 Å². The van der Waals surface area contributed by atoms with Gasteiger partial charge in [-0.2, -0.15) is 0 Å². The minimum Gasteiger partial charge on any atom is -0.477 e. The van der Waals surface area contributed by atoms with Crippen molar-refractivity contribution in [3.63, 3.8) is 0 Å². The molecule has 0 unspecified atom stereocenters. The summed E-state index contributed by atoms with van der Waals surface area (Å²) in [4.78, 5) is 25.9. The number of fused-ring (bicyclic) bond motifs is 1. The lowest BCUT2D eigenvalue weighted by molar-refractivity contribution is 0.0694. The van der Waals surface area contributed by atoms with E-state index >= 15 is 8.78 Å². The molecule has 7 nitrogen and oxygen atoms in total. The average Bonchev–Trinajstić information content (AvgIpc) is 3.63. The Morgan fingerprint density at radius 2 is 2.03 bits per heavy atom. The fraction of sp³-hybridized carbons (Fsp3) is 0.545. The van der Waals surface area contributed by atoms with E-state index in [1.807, 2.05) is 6.92 Å². The summed E-state index contributed by atoms with van der Waals surface area (Å²) in [5.74, 6) is -3.43.